The van der Waals surface area contributed by atoms with E-state index in [1.165, 1.54) is 5.56 Å². The van der Waals surface area contributed by atoms with Gasteiger partial charge in [-0.3, -0.25) is 0 Å². The lowest BCUT2D eigenvalue weighted by molar-refractivity contribution is 0.558. The Morgan fingerprint density at radius 2 is 2.27 bits per heavy atom. The summed E-state index contributed by atoms with van der Waals surface area (Å²) in [6, 6.07) is 8.30. The molecule has 0 fully saturated rings. The zero-order chi connectivity index (χ0) is 11.1. The van der Waals surface area contributed by atoms with E-state index in [1.54, 1.807) is 0 Å². The van der Waals surface area contributed by atoms with E-state index in [2.05, 4.69) is 23.2 Å². The molecule has 0 saturated carbocycles. The summed E-state index contributed by atoms with van der Waals surface area (Å²) in [5.41, 5.74) is 1.22. The summed E-state index contributed by atoms with van der Waals surface area (Å²) in [4.78, 5) is 0. The fraction of sp³-hybridized carbons (Fsp3) is 0.385. The van der Waals surface area contributed by atoms with Crippen LogP contribution < -0.4 is 5.32 Å². The maximum absolute atomic E-state index is 5.95. The van der Waals surface area contributed by atoms with Crippen LogP contribution in [0.5, 0.6) is 0 Å². The largest absolute Gasteiger partial charge is 0.313 e. The van der Waals surface area contributed by atoms with Crippen LogP contribution in [-0.2, 0) is 0 Å². The Morgan fingerprint density at radius 3 is 2.87 bits per heavy atom. The van der Waals surface area contributed by atoms with Crippen LogP contribution in [0.4, 0.5) is 0 Å². The molecule has 1 aromatic rings. The molecule has 1 atom stereocenters. The Balaban J connectivity index is 2.68. The van der Waals surface area contributed by atoms with Gasteiger partial charge in [0.15, 0.2) is 0 Å². The molecular weight excluding hydrogens is 206 g/mol. The number of hydrogen-bond donors (Lipinski definition) is 1. The minimum atomic E-state index is 0.338. The van der Waals surface area contributed by atoms with E-state index in [0.717, 1.165) is 17.9 Å². The summed E-state index contributed by atoms with van der Waals surface area (Å²) in [5, 5.41) is 4.06. The molecule has 0 aliphatic carbocycles. The first-order valence-electron chi connectivity index (χ1n) is 5.10. The molecule has 2 heteroatoms. The summed E-state index contributed by atoms with van der Waals surface area (Å²) < 4.78 is 0. The number of benzene rings is 1. The van der Waals surface area contributed by atoms with Gasteiger partial charge in [-0.1, -0.05) is 23.7 Å². The van der Waals surface area contributed by atoms with Crippen LogP contribution in [0.15, 0.2) is 24.3 Å². The Bertz CT molecular complexity index is 362. The molecule has 0 heterocycles. The van der Waals surface area contributed by atoms with Crippen LogP contribution >= 0.6 is 11.6 Å². The second-order valence-corrected chi connectivity index (χ2v) is 3.80. The predicted molar refractivity (Wildman–Crippen MR) is 65.9 cm³/mol. The van der Waals surface area contributed by atoms with Gasteiger partial charge < -0.3 is 5.32 Å². The lowest BCUT2D eigenvalue weighted by Gasteiger charge is -2.15. The van der Waals surface area contributed by atoms with Gasteiger partial charge in [0.05, 0.1) is 0 Å². The maximum atomic E-state index is 5.95. The van der Waals surface area contributed by atoms with Gasteiger partial charge in [0.1, 0.15) is 0 Å². The third-order valence-electron chi connectivity index (χ3n) is 2.33. The van der Waals surface area contributed by atoms with E-state index in [9.17, 15) is 0 Å². The van der Waals surface area contributed by atoms with E-state index in [0.29, 0.717) is 6.04 Å². The number of rotatable bonds is 4. The molecule has 0 aromatic heterocycles. The van der Waals surface area contributed by atoms with Crippen molar-refractivity contribution in [2.24, 2.45) is 0 Å². The first-order valence-corrected chi connectivity index (χ1v) is 5.48. The van der Waals surface area contributed by atoms with Gasteiger partial charge in [-0.15, -0.1) is 11.8 Å². The summed E-state index contributed by atoms with van der Waals surface area (Å²) in [6.07, 6.45) is 1.92. The highest BCUT2D eigenvalue weighted by molar-refractivity contribution is 6.30. The number of nitrogens with one attached hydrogen (secondary N) is 1. The molecule has 0 radical (unpaired) electrons. The van der Waals surface area contributed by atoms with E-state index >= 15 is 0 Å². The molecule has 1 N–H and O–H groups in total. The van der Waals surface area contributed by atoms with Crippen LogP contribution in [0.3, 0.4) is 0 Å². The maximum Gasteiger partial charge on any atom is 0.0409 e. The Morgan fingerprint density at radius 1 is 1.47 bits per heavy atom. The Kier molecular flexibility index (Phi) is 5.25. The lowest BCUT2D eigenvalue weighted by Crippen LogP contribution is -2.15. The molecule has 0 amide bonds. The quantitative estimate of drug-likeness (QED) is 0.769. The zero-order valence-electron chi connectivity index (χ0n) is 9.18. The van der Waals surface area contributed by atoms with Gasteiger partial charge >= 0.3 is 0 Å². The van der Waals surface area contributed by atoms with Crippen LogP contribution in [0.2, 0.25) is 5.02 Å². The highest BCUT2D eigenvalue weighted by atomic mass is 35.5. The topological polar surface area (TPSA) is 12.0 Å². The molecule has 80 valence electrons. The van der Waals surface area contributed by atoms with E-state index in [4.69, 9.17) is 11.6 Å². The first kappa shape index (κ1) is 12.1. The monoisotopic (exact) mass is 221 g/mol. The normalized spacial score (nSPS) is 11.7. The highest BCUT2D eigenvalue weighted by Crippen LogP contribution is 2.20. The Labute approximate surface area is 96.8 Å². The molecule has 0 aliphatic rings. The van der Waals surface area contributed by atoms with Crippen molar-refractivity contribution in [3.63, 3.8) is 0 Å². The van der Waals surface area contributed by atoms with Crippen molar-refractivity contribution in [3.8, 4) is 11.8 Å². The van der Waals surface area contributed by atoms with Crippen LogP contribution in [0.25, 0.3) is 0 Å². The fourth-order valence-corrected chi connectivity index (χ4v) is 1.74. The van der Waals surface area contributed by atoms with E-state index < -0.39 is 0 Å². The highest BCUT2D eigenvalue weighted by Gasteiger charge is 2.07. The van der Waals surface area contributed by atoms with Crippen molar-refractivity contribution in [3.05, 3.63) is 34.9 Å². The van der Waals surface area contributed by atoms with Gasteiger partial charge in [-0.2, -0.15) is 0 Å². The van der Waals surface area contributed by atoms with Crippen molar-refractivity contribution in [1.82, 2.24) is 5.32 Å². The molecule has 15 heavy (non-hydrogen) atoms. The molecule has 1 nitrogen and oxygen atoms in total. The molecule has 0 aliphatic heterocycles. The molecule has 0 bridgehead atoms. The molecule has 1 aromatic carbocycles. The smallest absolute Gasteiger partial charge is 0.0409 e. The van der Waals surface area contributed by atoms with Crippen molar-refractivity contribution >= 4 is 11.6 Å². The molecule has 1 unspecified atom stereocenters. The van der Waals surface area contributed by atoms with Crippen molar-refractivity contribution < 1.29 is 0 Å². The molecule has 0 saturated heterocycles. The Hall–Kier alpha value is -0.970. The second kappa shape index (κ2) is 6.50. The standard InChI is InChI=1S/C13H16ClN/c1-3-4-5-9-13(15-2)11-7-6-8-12(14)10-11/h6-8,10,13,15H,5,9H2,1-2H3. The SMILES string of the molecule is CC#CCCC(NC)c1cccc(Cl)c1. The van der Waals surface area contributed by atoms with Gasteiger partial charge in [-0.25, -0.2) is 0 Å². The minimum absolute atomic E-state index is 0.338. The van der Waals surface area contributed by atoms with Gasteiger partial charge in [0.25, 0.3) is 0 Å². The number of hydrogen-bond acceptors (Lipinski definition) is 1. The fourth-order valence-electron chi connectivity index (χ4n) is 1.54. The first-order chi connectivity index (χ1) is 7.27. The van der Waals surface area contributed by atoms with E-state index in [1.807, 2.05) is 32.2 Å². The summed E-state index contributed by atoms with van der Waals surface area (Å²) in [6.45, 7) is 1.87. The average molecular weight is 222 g/mol. The molecular formula is C13H16ClN. The molecule has 1 rings (SSSR count). The third-order valence-corrected chi connectivity index (χ3v) is 2.57. The van der Waals surface area contributed by atoms with Crippen molar-refractivity contribution in [1.29, 1.82) is 0 Å². The van der Waals surface area contributed by atoms with E-state index in [-0.39, 0.29) is 0 Å². The lowest BCUT2D eigenvalue weighted by atomic mass is 10.0. The summed E-state index contributed by atoms with van der Waals surface area (Å²) in [5.74, 6) is 5.98. The van der Waals surface area contributed by atoms with Crippen LogP contribution in [-0.4, -0.2) is 7.05 Å². The van der Waals surface area contributed by atoms with Crippen molar-refractivity contribution in [2.75, 3.05) is 7.05 Å². The number of halogens is 1. The third kappa shape index (κ3) is 3.95. The van der Waals surface area contributed by atoms with Gasteiger partial charge in [-0.05, 0) is 38.1 Å². The minimum Gasteiger partial charge on any atom is -0.313 e. The van der Waals surface area contributed by atoms with Crippen LogP contribution in [0.1, 0.15) is 31.4 Å². The summed E-state index contributed by atoms with van der Waals surface area (Å²) in [7, 11) is 1.96. The van der Waals surface area contributed by atoms with Crippen LogP contribution in [0, 0.1) is 11.8 Å². The van der Waals surface area contributed by atoms with Crippen molar-refractivity contribution in [2.45, 2.75) is 25.8 Å². The predicted octanol–water partition coefficient (Wildman–Crippen LogP) is 3.40. The van der Waals surface area contributed by atoms with Gasteiger partial charge in [0.2, 0.25) is 0 Å². The molecule has 0 spiro atoms. The van der Waals surface area contributed by atoms with Gasteiger partial charge in [0, 0.05) is 17.5 Å². The second-order valence-electron chi connectivity index (χ2n) is 3.36. The average Bonchev–Trinajstić information content (AvgIpc) is 2.24. The zero-order valence-corrected chi connectivity index (χ0v) is 9.93. The summed E-state index contributed by atoms with van der Waals surface area (Å²) >= 11 is 5.95.